The average molecular weight is 240 g/mol. The van der Waals surface area contributed by atoms with Crippen LogP contribution >= 0.6 is 23.2 Å². The van der Waals surface area contributed by atoms with E-state index in [9.17, 15) is 0 Å². The number of fused-ring (bicyclic) bond motifs is 5. The lowest BCUT2D eigenvalue weighted by Crippen LogP contribution is -2.01. The van der Waals surface area contributed by atoms with Crippen molar-refractivity contribution < 1.29 is 0 Å². The van der Waals surface area contributed by atoms with Crippen LogP contribution in [-0.4, -0.2) is 0 Å². The summed E-state index contributed by atoms with van der Waals surface area (Å²) in [7, 11) is 0. The lowest BCUT2D eigenvalue weighted by Gasteiger charge is -2.15. The molecule has 1 nitrogen and oxygen atoms in total. The third kappa shape index (κ3) is 1.17. The first-order chi connectivity index (χ1) is 7.20. The predicted octanol–water partition coefficient (Wildman–Crippen LogP) is 3.93. The topological polar surface area (TPSA) is 26.0 Å². The van der Waals surface area contributed by atoms with E-state index in [0.29, 0.717) is 16.3 Å². The molecule has 0 saturated heterocycles. The van der Waals surface area contributed by atoms with Gasteiger partial charge in [-0.2, -0.15) is 0 Å². The van der Waals surface area contributed by atoms with Gasteiger partial charge < -0.3 is 5.73 Å². The first-order valence-corrected chi connectivity index (χ1v) is 5.89. The molecule has 2 bridgehead atoms. The number of anilines is 1. The maximum atomic E-state index is 6.01. The molecule has 0 heterocycles. The molecule has 78 valence electrons. The largest absolute Gasteiger partial charge is 0.398 e. The Labute approximate surface area is 98.9 Å². The van der Waals surface area contributed by atoms with E-state index < -0.39 is 0 Å². The molecule has 3 rings (SSSR count). The third-order valence-corrected chi connectivity index (χ3v) is 4.05. The zero-order valence-corrected chi connectivity index (χ0v) is 9.65. The minimum atomic E-state index is 0.371. The van der Waals surface area contributed by atoms with Gasteiger partial charge in [-0.1, -0.05) is 35.3 Å². The quantitative estimate of drug-likeness (QED) is 0.683. The number of allylic oxidation sites excluding steroid dienone is 1. The molecule has 0 aliphatic heterocycles. The molecule has 2 aliphatic rings. The molecule has 1 fully saturated rings. The molecule has 0 amide bonds. The van der Waals surface area contributed by atoms with Gasteiger partial charge in [0.05, 0.1) is 0 Å². The normalized spacial score (nSPS) is 26.9. The van der Waals surface area contributed by atoms with Gasteiger partial charge in [0, 0.05) is 17.5 Å². The Kier molecular flexibility index (Phi) is 2.02. The smallest absolute Gasteiger partial charge is 0.107 e. The van der Waals surface area contributed by atoms with E-state index in [4.69, 9.17) is 28.9 Å². The summed E-state index contributed by atoms with van der Waals surface area (Å²) in [6, 6.07) is 6.11. The van der Waals surface area contributed by atoms with Gasteiger partial charge in [-0.3, -0.25) is 0 Å². The Hall–Kier alpha value is -0.660. The van der Waals surface area contributed by atoms with Crippen LogP contribution in [0.15, 0.2) is 28.3 Å². The highest BCUT2D eigenvalue weighted by Gasteiger charge is 2.43. The van der Waals surface area contributed by atoms with Crippen LogP contribution in [0.1, 0.15) is 35.8 Å². The predicted molar refractivity (Wildman–Crippen MR) is 64.3 cm³/mol. The van der Waals surface area contributed by atoms with Crippen molar-refractivity contribution in [2.24, 2.45) is 0 Å². The molecule has 2 atom stereocenters. The van der Waals surface area contributed by atoms with Crippen molar-refractivity contribution in [2.45, 2.75) is 24.7 Å². The molecule has 15 heavy (non-hydrogen) atoms. The zero-order chi connectivity index (χ0) is 10.6. The van der Waals surface area contributed by atoms with E-state index in [-0.39, 0.29) is 0 Å². The number of halogens is 2. The molecule has 2 N–H and O–H groups in total. The first-order valence-electron chi connectivity index (χ1n) is 5.13. The lowest BCUT2D eigenvalue weighted by atomic mass is 9.91. The van der Waals surface area contributed by atoms with Crippen LogP contribution in [0.3, 0.4) is 0 Å². The highest BCUT2D eigenvalue weighted by atomic mass is 35.5. The molecule has 0 unspecified atom stereocenters. The summed E-state index contributed by atoms with van der Waals surface area (Å²) >= 11 is 11.9. The van der Waals surface area contributed by atoms with Gasteiger partial charge in [0.25, 0.3) is 0 Å². The standard InChI is InChI=1S/C12H11Cl2N/c13-12(14)11-7-4-5-8(11)10-6(7)2-1-3-9(10)15/h1-3,7-8H,4-5,15H2/t7-,8+/m1/s1. The SMILES string of the molecule is Nc1cccc2c1[C@@H]1CC[C@H]2C1=C(Cl)Cl. The van der Waals surface area contributed by atoms with Crippen LogP contribution in [0.2, 0.25) is 0 Å². The highest BCUT2D eigenvalue weighted by molar-refractivity contribution is 6.56. The number of benzene rings is 1. The zero-order valence-electron chi connectivity index (χ0n) is 8.13. The van der Waals surface area contributed by atoms with Gasteiger partial charge in [-0.15, -0.1) is 0 Å². The van der Waals surface area contributed by atoms with E-state index >= 15 is 0 Å². The van der Waals surface area contributed by atoms with E-state index in [1.54, 1.807) is 0 Å². The summed E-state index contributed by atoms with van der Waals surface area (Å²) in [6.07, 6.45) is 2.28. The Bertz CT molecular complexity index is 461. The fourth-order valence-electron chi connectivity index (χ4n) is 3.08. The fraction of sp³-hybridized carbons (Fsp3) is 0.333. The second kappa shape index (κ2) is 3.16. The van der Waals surface area contributed by atoms with Gasteiger partial charge in [0.2, 0.25) is 0 Å². The third-order valence-electron chi connectivity index (χ3n) is 3.61. The summed E-state index contributed by atoms with van der Waals surface area (Å²) in [5.74, 6) is 0.787. The van der Waals surface area contributed by atoms with Gasteiger partial charge in [-0.05, 0) is 35.6 Å². The van der Waals surface area contributed by atoms with Crippen molar-refractivity contribution in [2.75, 3.05) is 5.73 Å². The molecule has 0 radical (unpaired) electrons. The van der Waals surface area contributed by atoms with Crippen molar-refractivity contribution in [3.63, 3.8) is 0 Å². The van der Waals surface area contributed by atoms with Crippen molar-refractivity contribution >= 4 is 28.9 Å². The Morgan fingerprint density at radius 3 is 2.60 bits per heavy atom. The Morgan fingerprint density at radius 1 is 1.20 bits per heavy atom. The maximum Gasteiger partial charge on any atom is 0.107 e. The molecular formula is C12H11Cl2N. The van der Waals surface area contributed by atoms with Crippen molar-refractivity contribution in [3.05, 3.63) is 39.4 Å². The molecule has 0 spiro atoms. The highest BCUT2D eigenvalue weighted by Crippen LogP contribution is 2.60. The molecule has 1 aromatic carbocycles. The molecule has 0 aromatic heterocycles. The monoisotopic (exact) mass is 239 g/mol. The van der Waals surface area contributed by atoms with Gasteiger partial charge in [0.15, 0.2) is 0 Å². The summed E-state index contributed by atoms with van der Waals surface area (Å²) in [6.45, 7) is 0. The maximum absolute atomic E-state index is 6.01. The average Bonchev–Trinajstić information content (AvgIpc) is 2.73. The molecule has 1 saturated carbocycles. The fourth-order valence-corrected chi connectivity index (χ4v) is 3.61. The van der Waals surface area contributed by atoms with Crippen LogP contribution in [-0.2, 0) is 0 Å². The van der Waals surface area contributed by atoms with Gasteiger partial charge >= 0.3 is 0 Å². The van der Waals surface area contributed by atoms with Gasteiger partial charge in [0.1, 0.15) is 4.49 Å². The second-order valence-electron chi connectivity index (χ2n) is 4.25. The Balaban J connectivity index is 2.26. The molecule has 3 heteroatoms. The van der Waals surface area contributed by atoms with Crippen molar-refractivity contribution in [1.29, 1.82) is 0 Å². The summed E-state index contributed by atoms with van der Waals surface area (Å²) < 4.78 is 0.443. The lowest BCUT2D eigenvalue weighted by molar-refractivity contribution is 0.719. The van der Waals surface area contributed by atoms with Gasteiger partial charge in [-0.25, -0.2) is 0 Å². The minimum absolute atomic E-state index is 0.371. The second-order valence-corrected chi connectivity index (χ2v) is 5.20. The van der Waals surface area contributed by atoms with E-state index in [2.05, 4.69) is 6.07 Å². The summed E-state index contributed by atoms with van der Waals surface area (Å²) in [5, 5.41) is 0. The van der Waals surface area contributed by atoms with Crippen molar-refractivity contribution in [3.8, 4) is 0 Å². The van der Waals surface area contributed by atoms with Crippen LogP contribution in [0, 0.1) is 0 Å². The van der Waals surface area contributed by atoms with Crippen molar-refractivity contribution in [1.82, 2.24) is 0 Å². The van der Waals surface area contributed by atoms with Crippen LogP contribution in [0.25, 0.3) is 0 Å². The minimum Gasteiger partial charge on any atom is -0.398 e. The number of rotatable bonds is 0. The Morgan fingerprint density at radius 2 is 1.93 bits per heavy atom. The van der Waals surface area contributed by atoms with Crippen LogP contribution in [0.4, 0.5) is 5.69 Å². The first kappa shape index (κ1) is 9.56. The number of hydrogen-bond acceptors (Lipinski definition) is 1. The summed E-state index contributed by atoms with van der Waals surface area (Å²) in [5.41, 5.74) is 10.7. The number of hydrogen-bond donors (Lipinski definition) is 1. The van der Waals surface area contributed by atoms with Crippen LogP contribution in [0.5, 0.6) is 0 Å². The number of nitrogen functional groups attached to an aromatic ring is 1. The molecule has 1 aromatic rings. The van der Waals surface area contributed by atoms with Crippen LogP contribution < -0.4 is 5.73 Å². The molecular weight excluding hydrogens is 229 g/mol. The van der Waals surface area contributed by atoms with E-state index in [1.807, 2.05) is 12.1 Å². The number of nitrogens with two attached hydrogens (primary N) is 1. The van der Waals surface area contributed by atoms with E-state index in [0.717, 1.165) is 18.5 Å². The summed E-state index contributed by atoms with van der Waals surface area (Å²) in [4.78, 5) is 0. The molecule has 2 aliphatic carbocycles. The van der Waals surface area contributed by atoms with E-state index in [1.165, 1.54) is 16.7 Å².